The molecule has 2 aromatic heterocycles. The molecule has 0 saturated carbocycles. The van der Waals surface area contributed by atoms with Crippen LogP contribution >= 0.6 is 0 Å². The van der Waals surface area contributed by atoms with Crippen LogP contribution < -0.4 is 0 Å². The van der Waals surface area contributed by atoms with Crippen molar-refractivity contribution in [2.75, 3.05) is 0 Å². The summed E-state index contributed by atoms with van der Waals surface area (Å²) in [6.45, 7) is 15.0. The van der Waals surface area contributed by atoms with Gasteiger partial charge in [0.05, 0.1) is 5.69 Å². The summed E-state index contributed by atoms with van der Waals surface area (Å²) >= 11 is 0. The summed E-state index contributed by atoms with van der Waals surface area (Å²) < 4.78 is 0. The molecule has 3 rings (SSSR count). The molecule has 0 fully saturated rings. The van der Waals surface area contributed by atoms with Gasteiger partial charge in [-0.25, -0.2) is 15.0 Å². The molecule has 2 heterocycles. The fourth-order valence-corrected chi connectivity index (χ4v) is 2.65. The SMILES string of the molecule is Cc1nc(-c2cc(C(C)(C)C)nc(-c3ccc(C(C)(C)C)cc3)n2)n[nH]1. The van der Waals surface area contributed by atoms with Gasteiger partial charge >= 0.3 is 0 Å². The topological polar surface area (TPSA) is 67.3 Å². The average molecular weight is 349 g/mol. The molecule has 5 nitrogen and oxygen atoms in total. The van der Waals surface area contributed by atoms with E-state index in [1.165, 1.54) is 5.56 Å². The van der Waals surface area contributed by atoms with E-state index in [1.54, 1.807) is 0 Å². The normalized spacial score (nSPS) is 12.4. The van der Waals surface area contributed by atoms with E-state index in [9.17, 15) is 0 Å². The van der Waals surface area contributed by atoms with E-state index in [4.69, 9.17) is 9.97 Å². The van der Waals surface area contributed by atoms with Crippen LogP contribution in [0.3, 0.4) is 0 Å². The number of hydrogen-bond acceptors (Lipinski definition) is 4. The van der Waals surface area contributed by atoms with Crippen LogP contribution in [-0.4, -0.2) is 25.1 Å². The Morgan fingerprint density at radius 1 is 0.769 bits per heavy atom. The highest BCUT2D eigenvalue weighted by atomic mass is 15.2. The van der Waals surface area contributed by atoms with E-state index in [1.807, 2.05) is 13.0 Å². The number of aromatic nitrogens is 5. The lowest BCUT2D eigenvalue weighted by Gasteiger charge is -2.20. The number of hydrogen-bond donors (Lipinski definition) is 1. The van der Waals surface area contributed by atoms with Crippen LogP contribution in [0.15, 0.2) is 30.3 Å². The molecule has 0 saturated heterocycles. The van der Waals surface area contributed by atoms with Gasteiger partial charge in [-0.3, -0.25) is 5.10 Å². The monoisotopic (exact) mass is 349 g/mol. The van der Waals surface area contributed by atoms with Crippen LogP contribution in [0, 0.1) is 6.92 Å². The maximum absolute atomic E-state index is 4.82. The molecule has 0 aliphatic rings. The van der Waals surface area contributed by atoms with Gasteiger partial charge in [0, 0.05) is 11.0 Å². The molecule has 0 aliphatic heterocycles. The van der Waals surface area contributed by atoms with Crippen LogP contribution in [0.2, 0.25) is 0 Å². The summed E-state index contributed by atoms with van der Waals surface area (Å²) in [5.74, 6) is 2.07. The second-order valence-electron chi connectivity index (χ2n) is 8.78. The van der Waals surface area contributed by atoms with Crippen LogP contribution in [-0.2, 0) is 10.8 Å². The molecule has 0 atom stereocenters. The first-order chi connectivity index (χ1) is 12.0. The second kappa shape index (κ2) is 6.31. The molecular weight excluding hydrogens is 322 g/mol. The van der Waals surface area contributed by atoms with Crippen molar-refractivity contribution in [3.63, 3.8) is 0 Å². The van der Waals surface area contributed by atoms with Crippen molar-refractivity contribution in [1.29, 1.82) is 0 Å². The van der Waals surface area contributed by atoms with Crippen molar-refractivity contribution in [3.05, 3.63) is 47.4 Å². The molecule has 0 bridgehead atoms. The van der Waals surface area contributed by atoms with Gasteiger partial charge in [-0.05, 0) is 24.0 Å². The quantitative estimate of drug-likeness (QED) is 0.719. The molecule has 0 radical (unpaired) electrons. The lowest BCUT2D eigenvalue weighted by molar-refractivity contribution is 0.568. The summed E-state index contributed by atoms with van der Waals surface area (Å²) in [4.78, 5) is 14.0. The molecule has 136 valence electrons. The second-order valence-corrected chi connectivity index (χ2v) is 8.78. The van der Waals surface area contributed by atoms with Crippen LogP contribution in [0.5, 0.6) is 0 Å². The molecule has 1 aromatic carbocycles. The highest BCUT2D eigenvalue weighted by molar-refractivity contribution is 5.61. The first kappa shape index (κ1) is 18.2. The van der Waals surface area contributed by atoms with Gasteiger partial charge in [0.1, 0.15) is 11.5 Å². The summed E-state index contributed by atoms with van der Waals surface area (Å²) in [5, 5.41) is 7.15. The predicted octanol–water partition coefficient (Wildman–Crippen LogP) is 4.83. The Morgan fingerprint density at radius 3 is 1.92 bits per heavy atom. The molecule has 0 spiro atoms. The number of H-pyrrole nitrogens is 1. The lowest BCUT2D eigenvalue weighted by atomic mass is 9.86. The van der Waals surface area contributed by atoms with Gasteiger partial charge in [0.2, 0.25) is 0 Å². The van der Waals surface area contributed by atoms with E-state index >= 15 is 0 Å². The molecule has 0 unspecified atom stereocenters. The molecular formula is C21H27N5. The predicted molar refractivity (Wildman–Crippen MR) is 105 cm³/mol. The zero-order valence-corrected chi connectivity index (χ0v) is 16.7. The van der Waals surface area contributed by atoms with Crippen LogP contribution in [0.25, 0.3) is 22.9 Å². The number of nitrogens with zero attached hydrogens (tertiary/aromatic N) is 4. The summed E-state index contributed by atoms with van der Waals surface area (Å²) in [6, 6.07) is 10.5. The van der Waals surface area contributed by atoms with E-state index in [-0.39, 0.29) is 10.8 Å². The minimum absolute atomic E-state index is 0.0941. The maximum Gasteiger partial charge on any atom is 0.199 e. The number of benzene rings is 1. The highest BCUT2D eigenvalue weighted by Crippen LogP contribution is 2.29. The summed E-state index contributed by atoms with van der Waals surface area (Å²) in [7, 11) is 0. The average Bonchev–Trinajstić information content (AvgIpc) is 2.99. The number of nitrogens with one attached hydrogen (secondary N) is 1. The van der Waals surface area contributed by atoms with E-state index in [0.29, 0.717) is 11.6 Å². The first-order valence-corrected chi connectivity index (χ1v) is 8.94. The Morgan fingerprint density at radius 2 is 1.42 bits per heavy atom. The minimum atomic E-state index is -0.0941. The van der Waals surface area contributed by atoms with Crippen molar-refractivity contribution >= 4 is 0 Å². The lowest BCUT2D eigenvalue weighted by Crippen LogP contribution is -2.15. The fourth-order valence-electron chi connectivity index (χ4n) is 2.65. The Bertz CT molecular complexity index is 909. The molecule has 3 aromatic rings. The van der Waals surface area contributed by atoms with Crippen LogP contribution in [0.4, 0.5) is 0 Å². The summed E-state index contributed by atoms with van der Waals surface area (Å²) in [6.07, 6.45) is 0. The minimum Gasteiger partial charge on any atom is -0.263 e. The zero-order valence-electron chi connectivity index (χ0n) is 16.7. The van der Waals surface area contributed by atoms with Crippen molar-refractivity contribution < 1.29 is 0 Å². The highest BCUT2D eigenvalue weighted by Gasteiger charge is 2.21. The molecule has 1 N–H and O–H groups in total. The third kappa shape index (κ3) is 3.82. The largest absolute Gasteiger partial charge is 0.263 e. The third-order valence-corrected chi connectivity index (χ3v) is 4.33. The van der Waals surface area contributed by atoms with E-state index in [2.05, 4.69) is 81.0 Å². The van der Waals surface area contributed by atoms with E-state index in [0.717, 1.165) is 22.8 Å². The number of aryl methyl sites for hydroxylation is 1. The van der Waals surface area contributed by atoms with Gasteiger partial charge in [-0.15, -0.1) is 0 Å². The number of rotatable bonds is 2. The molecule has 5 heteroatoms. The Kier molecular flexibility index (Phi) is 4.42. The fraction of sp³-hybridized carbons (Fsp3) is 0.429. The van der Waals surface area contributed by atoms with Gasteiger partial charge in [-0.1, -0.05) is 65.8 Å². The summed E-state index contributed by atoms with van der Waals surface area (Å²) in [5.41, 5.74) is 4.02. The molecule has 0 amide bonds. The number of aromatic amines is 1. The standard InChI is InChI=1S/C21H27N5/c1-13-22-19(26-25-13)16-12-17(21(5,6)7)24-18(23-16)14-8-10-15(11-9-14)20(2,3)4/h8-12H,1-7H3,(H,22,25,26). The molecule has 26 heavy (non-hydrogen) atoms. The van der Waals surface area contributed by atoms with Gasteiger partial charge in [-0.2, -0.15) is 5.10 Å². The zero-order chi connectivity index (χ0) is 19.1. The maximum atomic E-state index is 4.82. The Labute approximate surface area is 155 Å². The van der Waals surface area contributed by atoms with Crippen molar-refractivity contribution in [2.24, 2.45) is 0 Å². The molecule has 0 aliphatic carbocycles. The van der Waals surface area contributed by atoms with Crippen molar-refractivity contribution in [1.82, 2.24) is 25.1 Å². The van der Waals surface area contributed by atoms with Crippen LogP contribution in [0.1, 0.15) is 58.6 Å². The first-order valence-electron chi connectivity index (χ1n) is 8.94. The third-order valence-electron chi connectivity index (χ3n) is 4.33. The van der Waals surface area contributed by atoms with Crippen molar-refractivity contribution in [2.45, 2.75) is 59.3 Å². The van der Waals surface area contributed by atoms with Gasteiger partial charge in [0.25, 0.3) is 0 Å². The van der Waals surface area contributed by atoms with Gasteiger partial charge < -0.3 is 0 Å². The van der Waals surface area contributed by atoms with Crippen molar-refractivity contribution in [3.8, 4) is 22.9 Å². The van der Waals surface area contributed by atoms with Gasteiger partial charge in [0.15, 0.2) is 11.6 Å². The van der Waals surface area contributed by atoms with E-state index < -0.39 is 0 Å². The Balaban J connectivity index is 2.11. The Hall–Kier alpha value is -2.56. The smallest absolute Gasteiger partial charge is 0.199 e.